The highest BCUT2D eigenvalue weighted by Crippen LogP contribution is 2.53. The van der Waals surface area contributed by atoms with E-state index in [0.717, 1.165) is 0 Å². The zero-order valence-electron chi connectivity index (χ0n) is 9.22. The zero-order valence-corrected chi connectivity index (χ0v) is 10.0. The molecule has 4 saturated carbocycles. The fraction of sp³-hybridized carbons (Fsp3) is 1.00. The fourth-order valence-corrected chi connectivity index (χ4v) is 3.98. The second kappa shape index (κ2) is 4.06. The molecule has 4 aliphatic carbocycles. The minimum Gasteiger partial charge on any atom is -0.286 e. The Hall–Kier alpha value is -0.0900. The number of rotatable bonds is 0. The van der Waals surface area contributed by atoms with Crippen molar-refractivity contribution in [2.75, 3.05) is 6.26 Å². The van der Waals surface area contributed by atoms with Crippen LogP contribution in [0.4, 0.5) is 0 Å². The van der Waals surface area contributed by atoms with Crippen molar-refractivity contribution < 1.29 is 13.0 Å². The van der Waals surface area contributed by atoms with Crippen LogP contribution in [0.3, 0.4) is 0 Å². The van der Waals surface area contributed by atoms with Gasteiger partial charge in [0.25, 0.3) is 10.1 Å². The Kier molecular flexibility index (Phi) is 3.08. The molecule has 0 amide bonds. The Bertz CT molecular complexity index is 256. The third-order valence-corrected chi connectivity index (χ3v) is 4.00. The van der Waals surface area contributed by atoms with E-state index in [1.807, 2.05) is 0 Å². The van der Waals surface area contributed by atoms with Crippen LogP contribution in [-0.4, -0.2) is 19.2 Å². The van der Waals surface area contributed by atoms with Crippen LogP contribution in [-0.2, 0) is 10.1 Å². The van der Waals surface area contributed by atoms with Crippen LogP contribution in [0.2, 0.25) is 0 Å². The molecule has 4 fully saturated rings. The van der Waals surface area contributed by atoms with Gasteiger partial charge in [0.2, 0.25) is 0 Å². The summed E-state index contributed by atoms with van der Waals surface area (Å²) in [6, 6.07) is 0. The van der Waals surface area contributed by atoms with Crippen molar-refractivity contribution in [2.45, 2.75) is 38.5 Å². The molecule has 0 aromatic heterocycles. The van der Waals surface area contributed by atoms with Crippen LogP contribution in [0.25, 0.3) is 0 Å². The van der Waals surface area contributed by atoms with E-state index in [2.05, 4.69) is 0 Å². The van der Waals surface area contributed by atoms with E-state index >= 15 is 0 Å². The monoisotopic (exact) mass is 232 g/mol. The maximum atomic E-state index is 9.19. The molecule has 4 aliphatic rings. The summed E-state index contributed by atoms with van der Waals surface area (Å²) < 4.78 is 25.9. The molecule has 4 rings (SSSR count). The van der Waals surface area contributed by atoms with Crippen LogP contribution in [0.15, 0.2) is 0 Å². The van der Waals surface area contributed by atoms with Gasteiger partial charge in [0.05, 0.1) is 6.26 Å². The summed E-state index contributed by atoms with van der Waals surface area (Å²) >= 11 is 0. The van der Waals surface area contributed by atoms with E-state index in [4.69, 9.17) is 4.55 Å². The molecule has 1 N–H and O–H groups in total. The van der Waals surface area contributed by atoms with Crippen molar-refractivity contribution in [3.63, 3.8) is 0 Å². The third kappa shape index (κ3) is 3.45. The van der Waals surface area contributed by atoms with Crippen molar-refractivity contribution in [1.82, 2.24) is 0 Å². The lowest BCUT2D eigenvalue weighted by Crippen LogP contribution is -2.38. The Morgan fingerprint density at radius 3 is 1.07 bits per heavy atom. The highest BCUT2D eigenvalue weighted by Gasteiger charge is 2.41. The summed E-state index contributed by atoms with van der Waals surface area (Å²) in [5.41, 5.74) is 0. The van der Waals surface area contributed by atoms with Crippen molar-refractivity contribution in [1.29, 1.82) is 0 Å². The largest absolute Gasteiger partial charge is 0.286 e. The van der Waals surface area contributed by atoms with Gasteiger partial charge in [-0.1, -0.05) is 0 Å². The lowest BCUT2D eigenvalue weighted by molar-refractivity contribution is 0.0198. The van der Waals surface area contributed by atoms with E-state index in [1.165, 1.54) is 23.7 Å². The smallest absolute Gasteiger partial charge is 0.261 e. The topological polar surface area (TPSA) is 54.4 Å². The Morgan fingerprint density at radius 1 is 0.800 bits per heavy atom. The molecule has 0 aromatic carbocycles. The standard InChI is InChI=1S/C10H16.CH4O3S/c1-7-2-9-4-8(1)5-10(3-7)6-9;1-5(2,3)4/h7-10H,1-6H2;1H3,(H,2,3,4). The number of hydrogen-bond donors (Lipinski definition) is 1. The van der Waals surface area contributed by atoms with Crippen LogP contribution >= 0.6 is 0 Å². The average Bonchev–Trinajstić information content (AvgIpc) is 1.96. The van der Waals surface area contributed by atoms with Crippen LogP contribution in [0, 0.1) is 23.7 Å². The molecule has 0 radical (unpaired) electrons. The summed E-state index contributed by atoms with van der Waals surface area (Å²) in [7, 11) is -3.67. The van der Waals surface area contributed by atoms with Crippen molar-refractivity contribution >= 4 is 10.1 Å². The first-order chi connectivity index (χ1) is 6.90. The van der Waals surface area contributed by atoms with Gasteiger partial charge >= 0.3 is 0 Å². The Morgan fingerprint density at radius 2 is 0.933 bits per heavy atom. The molecule has 3 nitrogen and oxygen atoms in total. The van der Waals surface area contributed by atoms with Gasteiger partial charge in [0, 0.05) is 0 Å². The van der Waals surface area contributed by atoms with Crippen LogP contribution < -0.4 is 0 Å². The first-order valence-electron chi connectivity index (χ1n) is 5.82. The SMILES string of the molecule is C1C2CC3CC1CC(C2)C3.CS(=O)(=O)O. The van der Waals surface area contributed by atoms with E-state index < -0.39 is 10.1 Å². The molecule has 4 heteroatoms. The Balaban J connectivity index is 0.000000149. The molecule has 0 aliphatic heterocycles. The predicted molar refractivity (Wildman–Crippen MR) is 59.1 cm³/mol. The average molecular weight is 232 g/mol. The Labute approximate surface area is 92.0 Å². The summed E-state index contributed by atoms with van der Waals surface area (Å²) in [4.78, 5) is 0. The van der Waals surface area contributed by atoms with E-state index in [1.54, 1.807) is 38.5 Å². The fourth-order valence-electron chi connectivity index (χ4n) is 3.98. The van der Waals surface area contributed by atoms with Gasteiger partial charge in [-0.15, -0.1) is 0 Å². The van der Waals surface area contributed by atoms with E-state index in [0.29, 0.717) is 6.26 Å². The third-order valence-electron chi connectivity index (χ3n) is 4.00. The summed E-state index contributed by atoms with van der Waals surface area (Å²) in [5, 5.41) is 0. The van der Waals surface area contributed by atoms with Gasteiger partial charge in [0.1, 0.15) is 0 Å². The summed E-state index contributed by atoms with van der Waals surface area (Å²) in [6.07, 6.45) is 10.3. The van der Waals surface area contributed by atoms with Crippen molar-refractivity contribution in [3.8, 4) is 0 Å². The first kappa shape index (κ1) is 11.4. The number of hydrogen-bond acceptors (Lipinski definition) is 2. The summed E-state index contributed by atoms with van der Waals surface area (Å²) in [6.45, 7) is 0. The van der Waals surface area contributed by atoms with E-state index in [9.17, 15) is 8.42 Å². The van der Waals surface area contributed by atoms with Crippen molar-refractivity contribution in [2.24, 2.45) is 23.7 Å². The quantitative estimate of drug-likeness (QED) is 0.652. The second-order valence-electron chi connectivity index (χ2n) is 5.61. The van der Waals surface area contributed by atoms with Gasteiger partial charge in [-0.3, -0.25) is 4.55 Å². The molecule has 0 saturated heterocycles. The molecule has 0 heterocycles. The molecule has 4 bridgehead atoms. The molecule has 0 unspecified atom stereocenters. The lowest BCUT2D eigenvalue weighted by atomic mass is 9.56. The van der Waals surface area contributed by atoms with Gasteiger partial charge < -0.3 is 0 Å². The van der Waals surface area contributed by atoms with Gasteiger partial charge in [0.15, 0.2) is 0 Å². The van der Waals surface area contributed by atoms with Crippen molar-refractivity contribution in [3.05, 3.63) is 0 Å². The molecule has 88 valence electrons. The maximum absolute atomic E-state index is 9.19. The van der Waals surface area contributed by atoms with Gasteiger partial charge in [-0.05, 0) is 62.2 Å². The second-order valence-corrected chi connectivity index (χ2v) is 7.08. The minimum atomic E-state index is -3.67. The van der Waals surface area contributed by atoms with Gasteiger partial charge in [-0.25, -0.2) is 0 Å². The molecule has 0 spiro atoms. The predicted octanol–water partition coefficient (Wildman–Crippen LogP) is 2.34. The highest BCUT2D eigenvalue weighted by molar-refractivity contribution is 7.85. The van der Waals surface area contributed by atoms with Crippen LogP contribution in [0.5, 0.6) is 0 Å². The molecular weight excluding hydrogens is 212 g/mol. The van der Waals surface area contributed by atoms with Crippen LogP contribution in [0.1, 0.15) is 38.5 Å². The van der Waals surface area contributed by atoms with Gasteiger partial charge in [-0.2, -0.15) is 8.42 Å². The molecule has 0 aromatic rings. The first-order valence-corrected chi connectivity index (χ1v) is 7.67. The van der Waals surface area contributed by atoms with E-state index in [-0.39, 0.29) is 0 Å². The lowest BCUT2D eigenvalue weighted by Gasteiger charge is -2.49. The normalized spacial score (nSPS) is 42.3. The minimum absolute atomic E-state index is 0.715. The molecule has 0 atom stereocenters. The maximum Gasteiger partial charge on any atom is 0.261 e. The molecular formula is C11H20O3S. The molecule has 15 heavy (non-hydrogen) atoms. The highest BCUT2D eigenvalue weighted by atomic mass is 32.2. The summed E-state index contributed by atoms with van der Waals surface area (Å²) in [5.74, 6) is 4.71. The zero-order chi connectivity index (χ0) is 11.1.